The van der Waals surface area contributed by atoms with Gasteiger partial charge in [0.25, 0.3) is 0 Å². The van der Waals surface area contributed by atoms with E-state index in [0.717, 1.165) is 45.6 Å². The molecule has 1 N–H and O–H groups in total. The number of fused-ring (bicyclic) bond motifs is 2. The Bertz CT molecular complexity index is 1830. The average molecular weight is 531 g/mol. The van der Waals surface area contributed by atoms with Gasteiger partial charge in [-0.1, -0.05) is 67.9 Å². The zero-order valence-electron chi connectivity index (χ0n) is 21.6. The second-order valence-corrected chi connectivity index (χ2v) is 10.6. The van der Waals surface area contributed by atoms with E-state index >= 15 is 0 Å². The minimum absolute atomic E-state index is 0.0167. The van der Waals surface area contributed by atoms with Gasteiger partial charge in [-0.3, -0.25) is 4.99 Å². The molecule has 0 aliphatic carbocycles. The number of rotatable bonds is 7. The van der Waals surface area contributed by atoms with Gasteiger partial charge in [0.2, 0.25) is 0 Å². The van der Waals surface area contributed by atoms with Crippen molar-refractivity contribution in [2.45, 2.75) is 26.2 Å². The van der Waals surface area contributed by atoms with Gasteiger partial charge in [0, 0.05) is 22.9 Å². The minimum Gasteiger partial charge on any atom is -0.507 e. The molecular weight excluding hydrogens is 503 g/mol. The summed E-state index contributed by atoms with van der Waals surface area (Å²) in [6.07, 6.45) is 4.79. The van der Waals surface area contributed by atoms with E-state index in [2.05, 4.69) is 66.5 Å². The van der Waals surface area contributed by atoms with Crippen LogP contribution in [0.3, 0.4) is 0 Å². The summed E-state index contributed by atoms with van der Waals surface area (Å²) in [5.41, 5.74) is 6.55. The summed E-state index contributed by atoms with van der Waals surface area (Å²) < 4.78 is 14.9. The van der Waals surface area contributed by atoms with Crippen molar-refractivity contribution in [3.63, 3.8) is 0 Å². The number of hydrogen-bond donors (Lipinski definition) is 1. The molecule has 0 radical (unpaired) electrons. The Morgan fingerprint density at radius 3 is 2.56 bits per heavy atom. The van der Waals surface area contributed by atoms with E-state index < -0.39 is 5.82 Å². The van der Waals surface area contributed by atoms with E-state index in [4.69, 9.17) is 4.98 Å². The molecule has 0 saturated carbocycles. The Kier molecular flexibility index (Phi) is 6.91. The van der Waals surface area contributed by atoms with Crippen LogP contribution in [0.4, 0.5) is 10.1 Å². The fourth-order valence-electron chi connectivity index (χ4n) is 4.93. The lowest BCUT2D eigenvalue weighted by Gasteiger charge is -2.10. The zero-order valence-corrected chi connectivity index (χ0v) is 22.4. The van der Waals surface area contributed by atoms with Crippen molar-refractivity contribution >= 4 is 44.2 Å². The molecule has 5 heteroatoms. The summed E-state index contributed by atoms with van der Waals surface area (Å²) in [4.78, 5) is 9.79. The number of nitrogens with zero attached hydrogens (tertiary/aromatic N) is 2. The smallest absolute Gasteiger partial charge is 0.126 e. The molecule has 0 aliphatic heterocycles. The fourth-order valence-corrected chi connectivity index (χ4v) is 6.02. The summed E-state index contributed by atoms with van der Waals surface area (Å²) in [6.45, 7) is 2.22. The molecule has 0 bridgehead atoms. The number of phenols is 1. The maximum Gasteiger partial charge on any atom is 0.126 e. The Morgan fingerprint density at radius 2 is 1.67 bits per heavy atom. The molecule has 3 nitrogen and oxygen atoms in total. The van der Waals surface area contributed by atoms with Crippen LogP contribution >= 0.6 is 11.3 Å². The monoisotopic (exact) mass is 530 g/mol. The number of aromatic nitrogens is 1. The summed E-state index contributed by atoms with van der Waals surface area (Å²) in [5.74, 6) is -0.439. The van der Waals surface area contributed by atoms with Crippen molar-refractivity contribution in [1.82, 2.24) is 4.98 Å². The van der Waals surface area contributed by atoms with Crippen LogP contribution in [-0.4, -0.2) is 16.3 Å². The van der Waals surface area contributed by atoms with E-state index in [1.165, 1.54) is 46.3 Å². The quantitative estimate of drug-likeness (QED) is 0.209. The number of halogens is 1. The number of aliphatic imine (C=N–C) groups is 1. The van der Waals surface area contributed by atoms with Gasteiger partial charge in [-0.25, -0.2) is 9.37 Å². The SMILES string of the molecule is CCCCc1cc(-c2cccc3ccccc23)c2nc(-c3ccccc3N=Cc3cc(F)ccc3O)sc2c1. The number of hydrogen-bond acceptors (Lipinski definition) is 4. The number of para-hydroxylation sites is 1. The Labute approximate surface area is 231 Å². The number of aromatic hydroxyl groups is 1. The van der Waals surface area contributed by atoms with Crippen molar-refractivity contribution in [3.8, 4) is 27.4 Å². The van der Waals surface area contributed by atoms with Crippen LogP contribution in [0.5, 0.6) is 5.75 Å². The molecule has 1 heterocycles. The fraction of sp³-hybridized carbons (Fsp3) is 0.118. The second kappa shape index (κ2) is 10.8. The van der Waals surface area contributed by atoms with E-state index in [9.17, 15) is 9.50 Å². The van der Waals surface area contributed by atoms with Gasteiger partial charge in [0.1, 0.15) is 16.6 Å². The van der Waals surface area contributed by atoms with Crippen LogP contribution in [0.1, 0.15) is 30.9 Å². The standard InChI is InChI=1S/C34H27FN2OS/c1-2-3-9-22-18-29(27-14-8-11-23-10-4-5-12-26(23)27)33-32(19-22)39-34(37-33)28-13-6-7-15-30(28)36-21-24-20-25(35)16-17-31(24)38/h4-8,10-21,38H,2-3,9H2,1H3. The van der Waals surface area contributed by atoms with Gasteiger partial charge in [-0.2, -0.15) is 0 Å². The Hall–Kier alpha value is -4.35. The van der Waals surface area contributed by atoms with E-state index in [1.807, 2.05) is 24.3 Å². The number of aryl methyl sites for hydroxylation is 1. The van der Waals surface area contributed by atoms with Crippen LogP contribution in [0, 0.1) is 5.82 Å². The maximum absolute atomic E-state index is 13.7. The van der Waals surface area contributed by atoms with Crippen LogP contribution < -0.4 is 0 Å². The molecule has 0 spiro atoms. The maximum atomic E-state index is 13.7. The lowest BCUT2D eigenvalue weighted by atomic mass is 9.95. The summed E-state index contributed by atoms with van der Waals surface area (Å²) in [5, 5.41) is 13.4. The van der Waals surface area contributed by atoms with Crippen molar-refractivity contribution < 1.29 is 9.50 Å². The first-order chi connectivity index (χ1) is 19.1. The van der Waals surface area contributed by atoms with Crippen LogP contribution in [-0.2, 0) is 6.42 Å². The van der Waals surface area contributed by atoms with Gasteiger partial charge < -0.3 is 5.11 Å². The molecule has 192 valence electrons. The zero-order chi connectivity index (χ0) is 26.8. The summed E-state index contributed by atoms with van der Waals surface area (Å²) >= 11 is 1.66. The highest BCUT2D eigenvalue weighted by molar-refractivity contribution is 7.21. The van der Waals surface area contributed by atoms with Gasteiger partial charge in [0.05, 0.1) is 15.9 Å². The summed E-state index contributed by atoms with van der Waals surface area (Å²) in [6, 6.07) is 31.1. The van der Waals surface area contributed by atoms with E-state index in [1.54, 1.807) is 11.3 Å². The molecule has 1 aromatic heterocycles. The third-order valence-corrected chi connectivity index (χ3v) is 7.96. The second-order valence-electron chi connectivity index (χ2n) is 9.62. The first kappa shape index (κ1) is 25.0. The lowest BCUT2D eigenvalue weighted by molar-refractivity contribution is 0.472. The predicted molar refractivity (Wildman–Crippen MR) is 162 cm³/mol. The van der Waals surface area contributed by atoms with Crippen molar-refractivity contribution in [1.29, 1.82) is 0 Å². The van der Waals surface area contributed by atoms with Gasteiger partial charge in [0.15, 0.2) is 0 Å². The molecule has 39 heavy (non-hydrogen) atoms. The molecule has 0 saturated heterocycles. The highest BCUT2D eigenvalue weighted by atomic mass is 32.1. The number of unbranched alkanes of at least 4 members (excludes halogenated alkanes) is 1. The Morgan fingerprint density at radius 1 is 0.872 bits per heavy atom. The van der Waals surface area contributed by atoms with Crippen molar-refractivity contribution in [2.24, 2.45) is 4.99 Å². The highest BCUT2D eigenvalue weighted by Gasteiger charge is 2.16. The van der Waals surface area contributed by atoms with Gasteiger partial charge in [-0.05, 0) is 77.2 Å². The van der Waals surface area contributed by atoms with Crippen molar-refractivity contribution in [2.75, 3.05) is 0 Å². The molecule has 6 rings (SSSR count). The molecule has 0 aliphatic rings. The lowest BCUT2D eigenvalue weighted by Crippen LogP contribution is -1.89. The first-order valence-electron chi connectivity index (χ1n) is 13.1. The molecule has 0 atom stereocenters. The molecule has 0 fully saturated rings. The predicted octanol–water partition coefficient (Wildman–Crippen LogP) is 9.72. The largest absolute Gasteiger partial charge is 0.507 e. The van der Waals surface area contributed by atoms with Crippen molar-refractivity contribution in [3.05, 3.63) is 114 Å². The van der Waals surface area contributed by atoms with E-state index in [-0.39, 0.29) is 5.75 Å². The number of benzene rings is 5. The minimum atomic E-state index is -0.423. The average Bonchev–Trinajstić information content (AvgIpc) is 3.40. The third kappa shape index (κ3) is 5.06. The number of phenolic OH excluding ortho intramolecular Hbond substituents is 1. The van der Waals surface area contributed by atoms with Crippen LogP contribution in [0.25, 0.3) is 42.7 Å². The number of thiazole rings is 1. The third-order valence-electron chi connectivity index (χ3n) is 6.92. The summed E-state index contributed by atoms with van der Waals surface area (Å²) in [7, 11) is 0. The topological polar surface area (TPSA) is 45.5 Å². The van der Waals surface area contributed by atoms with E-state index in [0.29, 0.717) is 11.3 Å². The molecule has 0 amide bonds. The van der Waals surface area contributed by atoms with Crippen LogP contribution in [0.15, 0.2) is 102 Å². The molecular formula is C34H27FN2OS. The molecule has 5 aromatic carbocycles. The van der Waals surface area contributed by atoms with Gasteiger partial charge in [-0.15, -0.1) is 11.3 Å². The molecule has 0 unspecified atom stereocenters. The first-order valence-corrected chi connectivity index (χ1v) is 14.0. The van der Waals surface area contributed by atoms with Gasteiger partial charge >= 0.3 is 0 Å². The van der Waals surface area contributed by atoms with Crippen LogP contribution in [0.2, 0.25) is 0 Å². The normalized spacial score (nSPS) is 11.6. The Balaban J connectivity index is 1.50. The highest BCUT2D eigenvalue weighted by Crippen LogP contribution is 2.41. The molecule has 6 aromatic rings.